The zero-order valence-electron chi connectivity index (χ0n) is 81.7. The molecule has 0 bridgehead atoms. The molecule has 8 aromatic rings. The summed E-state index contributed by atoms with van der Waals surface area (Å²) < 4.78 is 63.8. The number of hydrogen-bond donors (Lipinski definition) is 10. The predicted octanol–water partition coefficient (Wildman–Crippen LogP) is 12.8. The fourth-order valence-corrected chi connectivity index (χ4v) is 13.3. The van der Waals surface area contributed by atoms with Gasteiger partial charge in [0.05, 0.1) is 53.7 Å². The number of hydroxylamine groups is 2. The van der Waals surface area contributed by atoms with Gasteiger partial charge in [-0.1, -0.05) is 231 Å². The summed E-state index contributed by atoms with van der Waals surface area (Å²) in [5.41, 5.74) is 16.3. The number of hydrogen-bond acceptors (Lipinski definition) is 33. The summed E-state index contributed by atoms with van der Waals surface area (Å²) in [7, 11) is 5.93. The van der Waals surface area contributed by atoms with Gasteiger partial charge in [0.1, 0.15) is 69.0 Å². The summed E-state index contributed by atoms with van der Waals surface area (Å²) in [5.74, 6) is -5.40. The Bertz CT molecular complexity index is 5320. The zero-order valence-corrected chi connectivity index (χ0v) is 81.7. The Hall–Kier alpha value is -16.0. The zero-order chi connectivity index (χ0) is 104. The molecule has 3 aliphatic rings. The fraction of sp³-hybridized carbons (Fsp3) is 0.373. The highest BCUT2D eigenvalue weighted by atomic mass is 16.8. The van der Waals surface area contributed by atoms with Crippen molar-refractivity contribution < 1.29 is 148 Å². The average Bonchev–Trinajstić information content (AvgIpc) is 1.62. The van der Waals surface area contributed by atoms with E-state index >= 15 is 0 Å². The smallest absolute Gasteiger partial charge is 0.467 e. The van der Waals surface area contributed by atoms with Gasteiger partial charge < -0.3 is 116 Å². The third-order valence-electron chi connectivity index (χ3n) is 20.2. The third-order valence-corrected chi connectivity index (χ3v) is 20.2. The van der Waals surface area contributed by atoms with Gasteiger partial charge in [-0.3, -0.25) is 19.2 Å². The molecule has 41 nitrogen and oxygen atoms in total. The van der Waals surface area contributed by atoms with Gasteiger partial charge in [0.2, 0.25) is 0 Å². The molecule has 143 heavy (non-hydrogen) atoms. The van der Waals surface area contributed by atoms with Gasteiger partial charge in [-0.2, -0.15) is 0 Å². The number of alkyl carbamates (subject to hydrolysis) is 7. The molecule has 2 aliphatic carbocycles. The van der Waals surface area contributed by atoms with E-state index < -0.39 is 162 Å². The molecule has 11 rings (SSSR count). The van der Waals surface area contributed by atoms with E-state index in [1.54, 1.807) is 98.7 Å². The number of aliphatic hydroxyl groups is 1. The number of amides is 9. The van der Waals surface area contributed by atoms with Gasteiger partial charge in [-0.05, 0) is 143 Å². The molecule has 1 fully saturated rings. The maximum Gasteiger partial charge on any atom is 0.533 e. The molecule has 41 heteroatoms. The second-order valence-corrected chi connectivity index (χ2v) is 33.3. The minimum Gasteiger partial charge on any atom is -0.467 e. The van der Waals surface area contributed by atoms with Crippen LogP contribution in [-0.4, -0.2) is 221 Å². The summed E-state index contributed by atoms with van der Waals surface area (Å²) in [4.78, 5) is 192. The number of nitrogens with one attached hydrogen (secondary N) is 7. The first-order valence-corrected chi connectivity index (χ1v) is 44.2. The number of benzene rings is 8. The first-order valence-electron chi connectivity index (χ1n) is 44.2. The van der Waals surface area contributed by atoms with E-state index in [0.717, 1.165) is 73.9 Å². The van der Waals surface area contributed by atoms with Crippen LogP contribution in [0.15, 0.2) is 218 Å². The summed E-state index contributed by atoms with van der Waals surface area (Å²) in [6.07, 6.45) is -7.39. The SMILES string of the molecule is C.COC(=O)[C@@H](NC(=O)OCC1c2ccccc2-c2ccccc21)C(C)NC(=O)OC(C)(C)C.COC(=O)[C@@H](NC(=O)OCc1ccccc1)C(C)=O.COC(=O)[C@@H](NC(=O)OCc1ccccc1)C(C)N.COC(=O)[C@@H](NC(=O)OCc1ccccc1)C(C)NC(=O)OC(C)(C)C.COC(=O)[C@@H](NC(=O)OCc1ccccc1)[C@@H](C)O.N.O=C(OCC1c2ccccc2-c2ccccc21)ON1C(=O)CCC1=O. The third kappa shape index (κ3) is 40.4. The van der Waals surface area contributed by atoms with Crippen molar-refractivity contribution in [2.24, 2.45) is 5.73 Å². The van der Waals surface area contributed by atoms with Crippen molar-refractivity contribution in [1.29, 1.82) is 0 Å². The molecule has 1 saturated heterocycles. The predicted molar refractivity (Wildman–Crippen MR) is 519 cm³/mol. The van der Waals surface area contributed by atoms with E-state index in [1.165, 1.54) is 42.3 Å². The van der Waals surface area contributed by atoms with Crippen molar-refractivity contribution in [1.82, 2.24) is 48.4 Å². The Morgan fingerprint density at radius 3 is 0.902 bits per heavy atom. The summed E-state index contributed by atoms with van der Waals surface area (Å²) in [6.45, 7) is 18.1. The van der Waals surface area contributed by atoms with Crippen molar-refractivity contribution in [3.8, 4) is 22.3 Å². The number of Topliss-reactive ketones (excluding diaryl/α,β-unsaturated/α-hetero) is 1. The number of esters is 5. The van der Waals surface area contributed by atoms with Gasteiger partial charge in [-0.15, -0.1) is 0 Å². The first-order chi connectivity index (χ1) is 67.0. The number of imide groups is 1. The van der Waals surface area contributed by atoms with Crippen molar-refractivity contribution in [2.75, 3.05) is 48.8 Å². The highest BCUT2D eigenvalue weighted by molar-refractivity contribution is 6.04. The Balaban J connectivity index is 0.000000361. The molecule has 1 heterocycles. The minimum atomic E-state index is -1.34. The van der Waals surface area contributed by atoms with E-state index in [9.17, 15) is 81.8 Å². The van der Waals surface area contributed by atoms with E-state index in [4.69, 9.17) is 53.2 Å². The number of carbonyl (C=O) groups is 16. The number of ether oxygens (including phenoxy) is 13. The maximum atomic E-state index is 12.6. The van der Waals surface area contributed by atoms with Crippen LogP contribution < -0.4 is 49.1 Å². The van der Waals surface area contributed by atoms with Crippen LogP contribution in [0.5, 0.6) is 0 Å². The molecule has 0 saturated carbocycles. The summed E-state index contributed by atoms with van der Waals surface area (Å²) in [6, 6.07) is 60.5. The molecule has 8 aromatic carbocycles. The summed E-state index contributed by atoms with van der Waals surface area (Å²) in [5, 5.41) is 26.6. The Kier molecular flexibility index (Phi) is 50.1. The molecule has 0 spiro atoms. The van der Waals surface area contributed by atoms with Crippen LogP contribution in [0, 0.1) is 0 Å². The van der Waals surface area contributed by atoms with Gasteiger partial charge >= 0.3 is 78.7 Å². The number of carbonyl (C=O) groups excluding carboxylic acids is 16. The normalized spacial score (nSPS) is 13.5. The monoisotopic (exact) mass is 1990 g/mol. The average molecular weight is 1990 g/mol. The van der Waals surface area contributed by atoms with Crippen molar-refractivity contribution >= 4 is 96.3 Å². The molecule has 9 amide bonds. The molecule has 13 N–H and O–H groups in total. The highest BCUT2D eigenvalue weighted by Gasteiger charge is 2.39. The second kappa shape index (κ2) is 60.1. The fourth-order valence-electron chi connectivity index (χ4n) is 13.3. The van der Waals surface area contributed by atoms with Crippen molar-refractivity contribution in [3.63, 3.8) is 0 Å². The Morgan fingerprint density at radius 1 is 0.357 bits per heavy atom. The van der Waals surface area contributed by atoms with E-state index in [0.29, 0.717) is 5.06 Å². The second-order valence-electron chi connectivity index (χ2n) is 33.3. The minimum absolute atomic E-state index is 0. The number of nitrogens with two attached hydrogens (primary N) is 1. The van der Waals surface area contributed by atoms with E-state index in [1.807, 2.05) is 182 Å². The first kappa shape index (κ1) is 119. The van der Waals surface area contributed by atoms with Crippen molar-refractivity contribution in [3.05, 3.63) is 263 Å². The molecule has 0 radical (unpaired) electrons. The van der Waals surface area contributed by atoms with Crippen LogP contribution in [0.4, 0.5) is 38.4 Å². The maximum absolute atomic E-state index is 12.6. The van der Waals surface area contributed by atoms with Crippen LogP contribution >= 0.6 is 0 Å². The van der Waals surface area contributed by atoms with Gasteiger partial charge in [0, 0.05) is 30.7 Å². The lowest BCUT2D eigenvalue weighted by molar-refractivity contribution is -0.177. The Morgan fingerprint density at radius 2 is 0.615 bits per heavy atom. The van der Waals surface area contributed by atoms with Gasteiger partial charge in [0.25, 0.3) is 11.8 Å². The molecule has 3 unspecified atom stereocenters. The lowest BCUT2D eigenvalue weighted by Crippen LogP contribution is -2.55. The van der Waals surface area contributed by atoms with Crippen LogP contribution in [-0.2, 0) is 131 Å². The number of ketones is 1. The molecular formula is C102H128N10O31. The number of methoxy groups -OCH3 is 5. The number of rotatable bonds is 30. The lowest BCUT2D eigenvalue weighted by Gasteiger charge is -2.26. The highest BCUT2D eigenvalue weighted by Crippen LogP contribution is 2.46. The number of nitrogens with zero attached hydrogens (tertiary/aromatic N) is 1. The van der Waals surface area contributed by atoms with Crippen LogP contribution in [0.3, 0.4) is 0 Å². The molecule has 1 aliphatic heterocycles. The van der Waals surface area contributed by atoms with Gasteiger partial charge in [0.15, 0.2) is 17.9 Å². The standard InChI is InChI=1S/C25H30N2O6.C19H15NO5.C18H26N2O6.C13H18N2O4.C13H17NO5.C13H15NO5.CH4.H3N/c1-15(26-24(30)33-25(2,3)4)21(22(28)31-5)27-23(29)32-14-20-18-12-8-6-10-16(18)17-11-7-9-13-19(17)20;21-17-9-10-18(22)20(17)25-19(23)24-11-16-14-7-3-1-5-12(14)13-6-2-4-8-15(13)16;1-12(19-17(23)26-18(2,3)4)14(15(21)24-5)20-16(22)25-11-13-9-7-6-8-10-13;1-9(14)11(12(16)18-2)15-13(17)19-8-10-6-4-3-5-7-10;2*1-9(15)11(12(16)18-2)14-13(17)19-8-10-6-4-3-5-7-10;;/h6-13,15,20-21H,14H2,1-5H3,(H,26,30)(H,27,29);1-8,16H,9-11H2;6-10,12,14H,11H2,1-5H3,(H,19,23)(H,20,22);3-7,9,11H,8,14H2,1-2H3,(H,15,17);3-7,9,11,15H,8H2,1-2H3,(H,14,17);3-7,11H,8H2,1-2H3,(H,14,17);1H4;1H3/t15?,21-;;12?,14-;9?,11-;9-,11+;11-;;/m0.0010../s1. The molecule has 772 valence electrons. The number of aliphatic hydroxyl groups excluding tert-OH is 1. The quantitative estimate of drug-likeness (QED) is 0.00865. The van der Waals surface area contributed by atoms with Gasteiger partial charge in [-0.25, -0.2) is 62.3 Å². The van der Waals surface area contributed by atoms with Crippen LogP contribution in [0.1, 0.15) is 153 Å². The van der Waals surface area contributed by atoms with E-state index in [-0.39, 0.29) is 77.9 Å². The topological polar surface area (TPSA) is 571 Å². The molecule has 9 atom stereocenters. The largest absolute Gasteiger partial charge is 0.533 e. The van der Waals surface area contributed by atoms with Crippen LogP contribution in [0.2, 0.25) is 0 Å². The number of fused-ring (bicyclic) bond motifs is 6. The van der Waals surface area contributed by atoms with E-state index in [2.05, 4.69) is 56.2 Å². The van der Waals surface area contributed by atoms with Crippen molar-refractivity contribution in [2.45, 2.75) is 200 Å². The molecular weight excluding hydrogens is 1860 g/mol. The summed E-state index contributed by atoms with van der Waals surface area (Å²) >= 11 is 0. The molecule has 0 aromatic heterocycles. The Labute approximate surface area is 829 Å². The lowest BCUT2D eigenvalue weighted by atomic mass is 9.98. The van der Waals surface area contributed by atoms with Crippen LogP contribution in [0.25, 0.3) is 22.3 Å².